The van der Waals surface area contributed by atoms with Gasteiger partial charge in [-0.2, -0.15) is 4.98 Å². The number of halogens is 1. The van der Waals surface area contributed by atoms with Gasteiger partial charge in [0, 0.05) is 36.3 Å². The van der Waals surface area contributed by atoms with Gasteiger partial charge in [-0.05, 0) is 49.1 Å². The Labute approximate surface area is 229 Å². The monoisotopic (exact) mass is 557 g/mol. The van der Waals surface area contributed by atoms with E-state index in [1.807, 2.05) is 32.0 Å². The van der Waals surface area contributed by atoms with Crippen LogP contribution in [0, 0.1) is 19.8 Å². The molecule has 38 heavy (non-hydrogen) atoms. The molecule has 3 aromatic rings. The maximum Gasteiger partial charge on any atom is 0.264 e. The molecule has 0 aliphatic carbocycles. The Morgan fingerprint density at radius 3 is 2.45 bits per heavy atom. The molecule has 2 atom stereocenters. The smallest absolute Gasteiger partial charge is 0.264 e. The number of ether oxygens (including phenoxy) is 1. The molecule has 11 heteroatoms. The Morgan fingerprint density at radius 2 is 1.74 bits per heavy atom. The number of rotatable bonds is 2. The van der Waals surface area contributed by atoms with Crippen LogP contribution in [0.15, 0.2) is 53.4 Å². The summed E-state index contributed by atoms with van der Waals surface area (Å²) in [5.74, 6) is 0.0881. The van der Waals surface area contributed by atoms with Crippen LogP contribution in [0.2, 0.25) is 0 Å². The van der Waals surface area contributed by atoms with Gasteiger partial charge in [0.1, 0.15) is 6.10 Å². The van der Waals surface area contributed by atoms with E-state index in [1.54, 1.807) is 23.1 Å². The number of hydrogen-bond acceptors (Lipinski definition) is 7. The first-order chi connectivity index (χ1) is 17.6. The molecule has 1 aromatic heterocycles. The number of aromatic nitrogens is 2. The zero-order valence-electron chi connectivity index (χ0n) is 21.8. The van der Waals surface area contributed by atoms with Crippen LogP contribution < -0.4 is 14.8 Å². The highest BCUT2D eigenvalue weighted by Crippen LogP contribution is 2.30. The number of hydrogen-bond donors (Lipinski definition) is 2. The summed E-state index contributed by atoms with van der Waals surface area (Å²) >= 11 is 0. The fourth-order valence-corrected chi connectivity index (χ4v) is 6.01. The van der Waals surface area contributed by atoms with E-state index < -0.39 is 16.1 Å². The van der Waals surface area contributed by atoms with Crippen molar-refractivity contribution in [3.05, 3.63) is 65.2 Å². The summed E-state index contributed by atoms with van der Waals surface area (Å²) in [7, 11) is -4.07. The third kappa shape index (κ3) is 5.48. The summed E-state index contributed by atoms with van der Waals surface area (Å²) in [6.45, 7) is 9.54. The predicted molar refractivity (Wildman–Crippen MR) is 148 cm³/mol. The average Bonchev–Trinajstić information content (AvgIpc) is 3.05. The number of fused-ring (bicyclic) bond motifs is 6. The van der Waals surface area contributed by atoms with E-state index in [0.29, 0.717) is 30.9 Å². The van der Waals surface area contributed by atoms with Crippen molar-refractivity contribution in [3.63, 3.8) is 0 Å². The number of benzene rings is 2. The molecule has 9 nitrogen and oxygen atoms in total. The standard InChI is InChI=1S/C27H31N5O4S.ClH/c1-16(2)23-14-28-13-20-15-32(23)26(33)19-9-6-10-21(11-19)37(34,35)31-27-29-22(12-24(30-27)36-20)25-17(3)7-5-8-18(25)4;/h5-12,16,20,23,28H,13-15H2,1-4H3,(H,29,30,31);1H/t20-,23-;/m1./s1. The van der Waals surface area contributed by atoms with Gasteiger partial charge in [-0.15, -0.1) is 12.4 Å². The van der Waals surface area contributed by atoms with Crippen molar-refractivity contribution < 1.29 is 17.9 Å². The minimum atomic E-state index is -4.07. The number of amides is 1. The van der Waals surface area contributed by atoms with Gasteiger partial charge in [0.15, 0.2) is 0 Å². The number of anilines is 1. The molecule has 202 valence electrons. The van der Waals surface area contributed by atoms with Gasteiger partial charge in [-0.25, -0.2) is 18.1 Å². The Morgan fingerprint density at radius 1 is 1.03 bits per heavy atom. The molecule has 5 rings (SSSR count). The molecule has 1 amide bonds. The first-order valence-corrected chi connectivity index (χ1v) is 13.9. The van der Waals surface area contributed by atoms with Gasteiger partial charge >= 0.3 is 0 Å². The zero-order valence-corrected chi connectivity index (χ0v) is 23.4. The van der Waals surface area contributed by atoms with Crippen LogP contribution in [0.1, 0.15) is 35.3 Å². The maximum absolute atomic E-state index is 13.7. The summed E-state index contributed by atoms with van der Waals surface area (Å²) in [6.07, 6.45) is -0.401. The van der Waals surface area contributed by atoms with Crippen LogP contribution in [0.3, 0.4) is 0 Å². The quantitative estimate of drug-likeness (QED) is 0.492. The van der Waals surface area contributed by atoms with Gasteiger partial charge in [0.2, 0.25) is 11.8 Å². The number of nitrogens with zero attached hydrogens (tertiary/aromatic N) is 3. The fraction of sp³-hybridized carbons (Fsp3) is 0.370. The molecule has 1 fully saturated rings. The number of nitrogens with one attached hydrogen (secondary N) is 2. The lowest BCUT2D eigenvalue weighted by Gasteiger charge is -2.34. The number of sulfonamides is 1. The van der Waals surface area contributed by atoms with E-state index in [2.05, 4.69) is 33.9 Å². The lowest BCUT2D eigenvalue weighted by atomic mass is 10.00. The molecule has 2 aliphatic rings. The molecule has 0 saturated carbocycles. The number of aryl methyl sites for hydroxylation is 2. The van der Waals surface area contributed by atoms with Gasteiger partial charge in [0.05, 0.1) is 17.1 Å². The van der Waals surface area contributed by atoms with E-state index >= 15 is 0 Å². The van der Waals surface area contributed by atoms with Crippen LogP contribution in [-0.2, 0) is 10.0 Å². The second kappa shape index (κ2) is 10.9. The van der Waals surface area contributed by atoms with E-state index in [1.165, 1.54) is 12.1 Å². The highest BCUT2D eigenvalue weighted by molar-refractivity contribution is 7.92. The van der Waals surface area contributed by atoms with Gasteiger partial charge in [-0.1, -0.05) is 38.1 Å². The zero-order chi connectivity index (χ0) is 26.3. The van der Waals surface area contributed by atoms with Gasteiger partial charge in [0.25, 0.3) is 15.9 Å². The third-order valence-electron chi connectivity index (χ3n) is 6.90. The second-order valence-electron chi connectivity index (χ2n) is 9.98. The van der Waals surface area contributed by atoms with Crippen LogP contribution in [-0.4, -0.2) is 61.0 Å². The largest absolute Gasteiger partial charge is 0.471 e. The predicted octanol–water partition coefficient (Wildman–Crippen LogP) is 3.81. The number of carbonyl (C=O) groups excluding carboxylic acids is 1. The van der Waals surface area contributed by atoms with E-state index in [4.69, 9.17) is 4.74 Å². The highest BCUT2D eigenvalue weighted by Gasteiger charge is 2.34. The van der Waals surface area contributed by atoms with Crippen molar-refractivity contribution in [2.45, 2.75) is 44.7 Å². The maximum atomic E-state index is 13.7. The normalized spacial score (nSPS) is 20.6. The minimum Gasteiger partial charge on any atom is -0.471 e. The van der Waals surface area contributed by atoms with Crippen molar-refractivity contribution in [1.82, 2.24) is 20.2 Å². The molecule has 2 N–H and O–H groups in total. The third-order valence-corrected chi connectivity index (χ3v) is 8.23. The first-order valence-electron chi connectivity index (χ1n) is 12.4. The van der Waals surface area contributed by atoms with Crippen LogP contribution in [0.5, 0.6) is 5.88 Å². The van der Waals surface area contributed by atoms with Crippen molar-refractivity contribution in [1.29, 1.82) is 0 Å². The van der Waals surface area contributed by atoms with Gasteiger partial charge < -0.3 is 15.0 Å². The Balaban J connectivity index is 0.00000336. The molecule has 0 unspecified atom stereocenters. The van der Waals surface area contributed by atoms with Crippen molar-refractivity contribution in [3.8, 4) is 17.1 Å². The molecule has 0 spiro atoms. The molecule has 3 heterocycles. The summed E-state index contributed by atoms with van der Waals surface area (Å²) in [4.78, 5) is 24.4. The van der Waals surface area contributed by atoms with Crippen LogP contribution >= 0.6 is 12.4 Å². The molecule has 6 bridgehead atoms. The molecule has 2 aliphatic heterocycles. The van der Waals surface area contributed by atoms with E-state index in [0.717, 1.165) is 16.7 Å². The molecule has 1 saturated heterocycles. The number of carbonyl (C=O) groups is 1. The minimum absolute atomic E-state index is 0. The summed E-state index contributed by atoms with van der Waals surface area (Å²) in [5.41, 5.74) is 3.74. The molecule has 0 radical (unpaired) electrons. The summed E-state index contributed by atoms with van der Waals surface area (Å²) < 4.78 is 35.5. The Kier molecular flexibility index (Phi) is 7.96. The summed E-state index contributed by atoms with van der Waals surface area (Å²) in [5, 5.41) is 3.43. The topological polar surface area (TPSA) is 114 Å². The second-order valence-corrected chi connectivity index (χ2v) is 11.7. The highest BCUT2D eigenvalue weighted by atomic mass is 35.5. The average molecular weight is 558 g/mol. The molecular formula is C27H32ClN5O4S. The van der Waals surface area contributed by atoms with Crippen molar-refractivity contribution in [2.24, 2.45) is 5.92 Å². The summed E-state index contributed by atoms with van der Waals surface area (Å²) in [6, 6.07) is 13.6. The van der Waals surface area contributed by atoms with E-state index in [-0.39, 0.29) is 47.0 Å². The van der Waals surface area contributed by atoms with E-state index in [9.17, 15) is 13.2 Å². The lowest BCUT2D eigenvalue weighted by molar-refractivity contribution is 0.0554. The molecular weight excluding hydrogens is 526 g/mol. The van der Waals surface area contributed by atoms with Gasteiger partial charge in [-0.3, -0.25) is 4.79 Å². The SMILES string of the molecule is Cc1cccc(C)c1-c1cc2nc(n1)NS(=O)(=O)c1cccc(c1)C(=O)N1C[C@@H](CNC[C@@H]1C(C)C)O2.Cl. The Bertz CT molecular complexity index is 1440. The van der Waals surface area contributed by atoms with Crippen molar-refractivity contribution >= 4 is 34.3 Å². The van der Waals surface area contributed by atoms with Crippen LogP contribution in [0.25, 0.3) is 11.3 Å². The Hall–Kier alpha value is -3.21. The molecule has 2 aromatic carbocycles. The lowest BCUT2D eigenvalue weighted by Crippen LogP contribution is -2.48. The van der Waals surface area contributed by atoms with Crippen molar-refractivity contribution in [2.75, 3.05) is 24.4 Å². The van der Waals surface area contributed by atoms with Crippen LogP contribution in [0.4, 0.5) is 5.95 Å². The fourth-order valence-electron chi connectivity index (χ4n) is 5.02. The first kappa shape index (κ1) is 27.8.